The van der Waals surface area contributed by atoms with Gasteiger partial charge in [0.15, 0.2) is 5.78 Å². The fourth-order valence-corrected chi connectivity index (χ4v) is 2.81. The van der Waals surface area contributed by atoms with Crippen LogP contribution in [0, 0.1) is 5.41 Å². The van der Waals surface area contributed by atoms with Crippen LogP contribution in [0.2, 0.25) is 0 Å². The summed E-state index contributed by atoms with van der Waals surface area (Å²) < 4.78 is 5.19. The zero-order valence-electron chi connectivity index (χ0n) is 14.0. The molecule has 0 saturated heterocycles. The fourth-order valence-electron chi connectivity index (χ4n) is 2.81. The number of aromatic amines is 1. The Morgan fingerprint density at radius 1 is 1.35 bits per heavy atom. The van der Waals surface area contributed by atoms with Gasteiger partial charge in [0.1, 0.15) is 5.56 Å². The Hall–Kier alpha value is -1.95. The molecular formula is C17H24N2O4. The van der Waals surface area contributed by atoms with Crippen LogP contribution in [0.1, 0.15) is 60.0 Å². The Morgan fingerprint density at radius 2 is 2.09 bits per heavy atom. The molecule has 126 valence electrons. The highest BCUT2D eigenvalue weighted by molar-refractivity contribution is 6.02. The number of amides is 1. The maximum absolute atomic E-state index is 12.2. The van der Waals surface area contributed by atoms with Crippen molar-refractivity contribution in [2.75, 3.05) is 19.8 Å². The molecule has 0 aliphatic heterocycles. The van der Waals surface area contributed by atoms with E-state index in [9.17, 15) is 14.4 Å². The molecule has 6 nitrogen and oxygen atoms in total. The number of ketones is 1. The van der Waals surface area contributed by atoms with E-state index >= 15 is 0 Å². The van der Waals surface area contributed by atoms with Crippen molar-refractivity contribution in [2.45, 2.75) is 40.0 Å². The number of carbonyl (C=O) groups is 2. The molecule has 1 aliphatic carbocycles. The SMILES string of the molecule is CCOCCCNC(=O)c1cc2c([nH]c1=O)CC(C)(C)CC2=O. The molecule has 0 spiro atoms. The van der Waals surface area contributed by atoms with E-state index in [0.29, 0.717) is 50.3 Å². The van der Waals surface area contributed by atoms with Crippen molar-refractivity contribution in [3.63, 3.8) is 0 Å². The molecule has 2 rings (SSSR count). The second-order valence-electron chi connectivity index (χ2n) is 6.65. The summed E-state index contributed by atoms with van der Waals surface area (Å²) >= 11 is 0. The minimum Gasteiger partial charge on any atom is -0.382 e. The van der Waals surface area contributed by atoms with Crippen molar-refractivity contribution < 1.29 is 14.3 Å². The molecule has 1 aromatic heterocycles. The molecule has 0 unspecified atom stereocenters. The highest BCUT2D eigenvalue weighted by Gasteiger charge is 2.32. The van der Waals surface area contributed by atoms with Crippen LogP contribution in [0.15, 0.2) is 10.9 Å². The third kappa shape index (κ3) is 4.28. The number of aromatic nitrogens is 1. The second kappa shape index (κ2) is 7.08. The van der Waals surface area contributed by atoms with E-state index in [1.54, 1.807) is 0 Å². The first-order valence-electron chi connectivity index (χ1n) is 7.99. The summed E-state index contributed by atoms with van der Waals surface area (Å²) in [5, 5.41) is 2.69. The van der Waals surface area contributed by atoms with Crippen LogP contribution < -0.4 is 10.9 Å². The topological polar surface area (TPSA) is 88.3 Å². The smallest absolute Gasteiger partial charge is 0.261 e. The predicted octanol–water partition coefficient (Wildman–Crippen LogP) is 1.69. The van der Waals surface area contributed by atoms with Crippen molar-refractivity contribution in [3.8, 4) is 0 Å². The van der Waals surface area contributed by atoms with E-state index in [-0.39, 0.29) is 16.8 Å². The maximum Gasteiger partial charge on any atom is 0.261 e. The van der Waals surface area contributed by atoms with Crippen LogP contribution >= 0.6 is 0 Å². The summed E-state index contributed by atoms with van der Waals surface area (Å²) in [5.74, 6) is -0.485. The van der Waals surface area contributed by atoms with E-state index in [0.717, 1.165) is 0 Å². The number of ether oxygens (including phenoxy) is 1. The van der Waals surface area contributed by atoms with Crippen molar-refractivity contribution >= 4 is 11.7 Å². The van der Waals surface area contributed by atoms with Crippen LogP contribution in [0.3, 0.4) is 0 Å². The molecule has 1 aromatic rings. The third-order valence-corrected chi connectivity index (χ3v) is 3.92. The molecule has 2 N–H and O–H groups in total. The molecular weight excluding hydrogens is 296 g/mol. The van der Waals surface area contributed by atoms with Crippen LogP contribution in [0.5, 0.6) is 0 Å². The number of carbonyl (C=O) groups excluding carboxylic acids is 2. The summed E-state index contributed by atoms with van der Waals surface area (Å²) in [5.41, 5.74) is 0.466. The summed E-state index contributed by atoms with van der Waals surface area (Å²) in [7, 11) is 0. The third-order valence-electron chi connectivity index (χ3n) is 3.92. The molecule has 6 heteroatoms. The van der Waals surface area contributed by atoms with Crippen LogP contribution in [-0.4, -0.2) is 36.4 Å². The standard InChI is InChI=1S/C17H24N2O4/c1-4-23-7-5-6-18-15(21)12-8-11-13(19-16(12)22)9-17(2,3)10-14(11)20/h8H,4-7,9-10H2,1-3H3,(H,18,21)(H,19,22). The molecule has 0 radical (unpaired) electrons. The minimum atomic E-state index is -0.455. The van der Waals surface area contributed by atoms with E-state index in [1.165, 1.54) is 6.07 Å². The molecule has 0 fully saturated rings. The normalized spacial score (nSPS) is 16.0. The fraction of sp³-hybridized carbons (Fsp3) is 0.588. The predicted molar refractivity (Wildman–Crippen MR) is 86.9 cm³/mol. The van der Waals surface area contributed by atoms with Crippen LogP contribution in [0.25, 0.3) is 0 Å². The van der Waals surface area contributed by atoms with Gasteiger partial charge in [0.05, 0.1) is 0 Å². The first-order valence-corrected chi connectivity index (χ1v) is 7.99. The molecule has 0 aromatic carbocycles. The van der Waals surface area contributed by atoms with Crippen molar-refractivity contribution in [1.82, 2.24) is 10.3 Å². The molecule has 1 aliphatic rings. The zero-order valence-corrected chi connectivity index (χ0v) is 14.0. The lowest BCUT2D eigenvalue weighted by Gasteiger charge is -2.29. The van der Waals surface area contributed by atoms with Gasteiger partial charge in [-0.1, -0.05) is 13.8 Å². The van der Waals surface area contributed by atoms with Crippen LogP contribution in [0.4, 0.5) is 0 Å². The monoisotopic (exact) mass is 320 g/mol. The number of pyridine rings is 1. The molecule has 23 heavy (non-hydrogen) atoms. The maximum atomic E-state index is 12.2. The summed E-state index contributed by atoms with van der Waals surface area (Å²) in [6, 6.07) is 1.43. The van der Waals surface area contributed by atoms with Gasteiger partial charge in [-0.2, -0.15) is 0 Å². The van der Waals surface area contributed by atoms with Gasteiger partial charge in [-0.3, -0.25) is 14.4 Å². The first-order chi connectivity index (χ1) is 10.8. The Kier molecular flexibility index (Phi) is 5.36. The van der Waals surface area contributed by atoms with E-state index in [1.807, 2.05) is 20.8 Å². The quantitative estimate of drug-likeness (QED) is 0.781. The zero-order chi connectivity index (χ0) is 17.0. The number of fused-ring (bicyclic) bond motifs is 1. The molecule has 0 saturated carbocycles. The van der Waals surface area contributed by atoms with Crippen molar-refractivity contribution in [2.24, 2.45) is 5.41 Å². The minimum absolute atomic E-state index is 0.00628. The number of rotatable bonds is 6. The number of hydrogen-bond acceptors (Lipinski definition) is 4. The number of Topliss-reactive ketones (excluding diaryl/α,β-unsaturated/α-hetero) is 1. The van der Waals surface area contributed by atoms with Gasteiger partial charge in [0.25, 0.3) is 11.5 Å². The lowest BCUT2D eigenvalue weighted by molar-refractivity contribution is 0.0910. The number of hydrogen-bond donors (Lipinski definition) is 2. The van der Waals surface area contributed by atoms with Gasteiger partial charge in [0.2, 0.25) is 0 Å². The van der Waals surface area contributed by atoms with Gasteiger partial charge in [0, 0.05) is 37.4 Å². The van der Waals surface area contributed by atoms with E-state index < -0.39 is 11.5 Å². The lowest BCUT2D eigenvalue weighted by Crippen LogP contribution is -2.35. The van der Waals surface area contributed by atoms with Gasteiger partial charge >= 0.3 is 0 Å². The summed E-state index contributed by atoms with van der Waals surface area (Å²) in [6.07, 6.45) is 1.72. The Balaban J connectivity index is 2.12. The van der Waals surface area contributed by atoms with E-state index in [4.69, 9.17) is 4.74 Å². The van der Waals surface area contributed by atoms with Gasteiger partial charge in [-0.15, -0.1) is 0 Å². The lowest BCUT2D eigenvalue weighted by atomic mass is 9.75. The largest absolute Gasteiger partial charge is 0.382 e. The average molecular weight is 320 g/mol. The molecule has 1 heterocycles. The second-order valence-corrected chi connectivity index (χ2v) is 6.65. The summed E-state index contributed by atoms with van der Waals surface area (Å²) in [6.45, 7) is 7.51. The highest BCUT2D eigenvalue weighted by atomic mass is 16.5. The van der Waals surface area contributed by atoms with E-state index in [2.05, 4.69) is 10.3 Å². The van der Waals surface area contributed by atoms with Crippen molar-refractivity contribution in [3.05, 3.63) is 33.2 Å². The highest BCUT2D eigenvalue weighted by Crippen LogP contribution is 2.33. The number of H-pyrrole nitrogens is 1. The van der Waals surface area contributed by atoms with Crippen LogP contribution in [-0.2, 0) is 11.2 Å². The molecule has 1 amide bonds. The van der Waals surface area contributed by atoms with Gasteiger partial charge in [-0.05, 0) is 31.2 Å². The first kappa shape index (κ1) is 17.4. The number of nitrogens with one attached hydrogen (secondary N) is 2. The van der Waals surface area contributed by atoms with Gasteiger partial charge in [-0.25, -0.2) is 0 Å². The Labute approximate surface area is 135 Å². The Morgan fingerprint density at radius 3 is 2.78 bits per heavy atom. The molecule has 0 atom stereocenters. The molecule has 0 bridgehead atoms. The Bertz CT molecular complexity index is 661. The van der Waals surface area contributed by atoms with Gasteiger partial charge < -0.3 is 15.0 Å². The summed E-state index contributed by atoms with van der Waals surface area (Å²) in [4.78, 5) is 39.2. The average Bonchev–Trinajstić information content (AvgIpc) is 2.44. The van der Waals surface area contributed by atoms with Crippen molar-refractivity contribution in [1.29, 1.82) is 0 Å².